The average molecular weight is 418 g/mol. The van der Waals surface area contributed by atoms with E-state index in [4.69, 9.17) is 4.74 Å². The first-order valence-corrected chi connectivity index (χ1v) is 11.4. The van der Waals surface area contributed by atoms with Gasteiger partial charge >= 0.3 is 0 Å². The Morgan fingerprint density at radius 2 is 1.86 bits per heavy atom. The second kappa shape index (κ2) is 8.92. The summed E-state index contributed by atoms with van der Waals surface area (Å²) >= 11 is 0. The minimum Gasteiger partial charge on any atom is -0.372 e. The molecule has 2 aromatic rings. The van der Waals surface area contributed by atoms with Gasteiger partial charge in [-0.25, -0.2) is 13.4 Å². The van der Waals surface area contributed by atoms with Gasteiger partial charge in [-0.3, -0.25) is 4.79 Å². The van der Waals surface area contributed by atoms with E-state index in [2.05, 4.69) is 15.2 Å². The molecule has 2 atom stereocenters. The van der Waals surface area contributed by atoms with Crippen molar-refractivity contribution in [2.24, 2.45) is 0 Å². The molecule has 1 aromatic heterocycles. The number of anilines is 1. The van der Waals surface area contributed by atoms with Gasteiger partial charge in [0.05, 0.1) is 28.4 Å². The molecule has 1 saturated heterocycles. The summed E-state index contributed by atoms with van der Waals surface area (Å²) in [5.74, 6) is 0.403. The molecule has 1 aromatic carbocycles. The summed E-state index contributed by atoms with van der Waals surface area (Å²) in [4.78, 5) is 19.3. The van der Waals surface area contributed by atoms with Crippen molar-refractivity contribution < 1.29 is 17.9 Å². The maximum Gasteiger partial charge on any atom is 0.252 e. The molecule has 7 nitrogen and oxygen atoms in total. The molecule has 1 N–H and O–H groups in total. The Morgan fingerprint density at radius 3 is 2.48 bits per heavy atom. The highest BCUT2D eigenvalue weighted by Crippen LogP contribution is 2.19. The monoisotopic (exact) mass is 417 g/mol. The molecule has 8 heteroatoms. The summed E-state index contributed by atoms with van der Waals surface area (Å²) in [7, 11) is -3.47. The summed E-state index contributed by atoms with van der Waals surface area (Å²) < 4.78 is 30.2. The zero-order chi connectivity index (χ0) is 21.0. The Balaban J connectivity index is 1.66. The number of hydrogen-bond acceptors (Lipinski definition) is 6. The molecule has 3 rings (SSSR count). The van der Waals surface area contributed by atoms with Gasteiger partial charge in [0.15, 0.2) is 9.84 Å². The molecule has 0 saturated carbocycles. The predicted molar refractivity (Wildman–Crippen MR) is 112 cm³/mol. The number of nitrogens with zero attached hydrogens (tertiary/aromatic N) is 2. The van der Waals surface area contributed by atoms with Crippen LogP contribution in [0.15, 0.2) is 47.5 Å². The Labute approximate surface area is 172 Å². The van der Waals surface area contributed by atoms with Gasteiger partial charge in [0.2, 0.25) is 0 Å². The Bertz CT molecular complexity index is 950. The zero-order valence-electron chi connectivity index (χ0n) is 17.0. The third-order valence-electron chi connectivity index (χ3n) is 4.85. The minimum absolute atomic E-state index is 0.0541. The molecule has 29 heavy (non-hydrogen) atoms. The van der Waals surface area contributed by atoms with E-state index in [1.165, 1.54) is 12.1 Å². The van der Waals surface area contributed by atoms with Crippen LogP contribution in [-0.4, -0.2) is 50.4 Å². The Kier molecular flexibility index (Phi) is 6.54. The van der Waals surface area contributed by atoms with Gasteiger partial charge in [-0.1, -0.05) is 25.1 Å². The number of nitrogens with one attached hydrogen (secondary N) is 1. The van der Waals surface area contributed by atoms with Crippen molar-refractivity contribution in [3.63, 3.8) is 0 Å². The molecular formula is C21H27N3O4S. The Hall–Kier alpha value is -2.45. The fourth-order valence-corrected chi connectivity index (χ4v) is 4.52. The number of ether oxygens (including phenoxy) is 1. The smallest absolute Gasteiger partial charge is 0.252 e. The zero-order valence-corrected chi connectivity index (χ0v) is 17.8. The summed E-state index contributed by atoms with van der Waals surface area (Å²) in [5.41, 5.74) is 1.00. The fraction of sp³-hybridized carbons (Fsp3) is 0.429. The SMILES string of the molecule is CCS(=O)(=O)c1ccccc1C(=O)NCc1ccc(N2CC(C)OC(C)C2)nc1. The standard InChI is InChI=1S/C21H27N3O4S/c1-4-29(26,27)19-8-6-5-7-18(19)21(25)23-12-17-9-10-20(22-11-17)24-13-15(2)28-16(3)14-24/h5-11,15-16H,4,12-14H2,1-3H3,(H,23,25). The average Bonchev–Trinajstić information content (AvgIpc) is 2.71. The summed E-state index contributed by atoms with van der Waals surface area (Å²) in [5, 5.41) is 2.79. The van der Waals surface area contributed by atoms with Crippen LogP contribution in [0.4, 0.5) is 5.82 Å². The first-order chi connectivity index (χ1) is 13.8. The van der Waals surface area contributed by atoms with Crippen LogP contribution in [0.3, 0.4) is 0 Å². The summed E-state index contributed by atoms with van der Waals surface area (Å²) in [6, 6.07) is 10.1. The van der Waals surface area contributed by atoms with Crippen molar-refractivity contribution in [1.82, 2.24) is 10.3 Å². The van der Waals surface area contributed by atoms with Crippen LogP contribution in [0.2, 0.25) is 0 Å². The lowest BCUT2D eigenvalue weighted by molar-refractivity contribution is -0.00546. The van der Waals surface area contributed by atoms with Crippen molar-refractivity contribution in [2.75, 3.05) is 23.7 Å². The van der Waals surface area contributed by atoms with Gasteiger partial charge in [-0.2, -0.15) is 0 Å². The Morgan fingerprint density at radius 1 is 1.17 bits per heavy atom. The second-order valence-corrected chi connectivity index (χ2v) is 9.52. The van der Waals surface area contributed by atoms with Crippen molar-refractivity contribution in [2.45, 2.75) is 44.4 Å². The molecule has 0 bridgehead atoms. The summed E-state index contributed by atoms with van der Waals surface area (Å²) in [6.45, 7) is 7.49. The van der Waals surface area contributed by atoms with Gasteiger partial charge < -0.3 is 15.0 Å². The molecule has 0 spiro atoms. The van der Waals surface area contributed by atoms with E-state index in [0.717, 1.165) is 24.5 Å². The molecule has 2 heterocycles. The van der Waals surface area contributed by atoms with Crippen LogP contribution in [0, 0.1) is 0 Å². The molecule has 2 unspecified atom stereocenters. The quantitative estimate of drug-likeness (QED) is 0.777. The summed E-state index contributed by atoms with van der Waals surface area (Å²) in [6.07, 6.45) is 2.03. The van der Waals surface area contributed by atoms with Crippen LogP contribution < -0.4 is 10.2 Å². The number of rotatable bonds is 6. The molecule has 156 valence electrons. The largest absolute Gasteiger partial charge is 0.372 e. The van der Waals surface area contributed by atoms with E-state index in [-0.39, 0.29) is 35.0 Å². The number of amides is 1. The molecule has 0 aliphatic carbocycles. The van der Waals surface area contributed by atoms with Crippen molar-refractivity contribution in [3.05, 3.63) is 53.7 Å². The van der Waals surface area contributed by atoms with Gasteiger partial charge in [0.25, 0.3) is 5.91 Å². The molecule has 1 aliphatic heterocycles. The van der Waals surface area contributed by atoms with Crippen molar-refractivity contribution in [3.8, 4) is 0 Å². The van der Waals surface area contributed by atoms with Crippen molar-refractivity contribution in [1.29, 1.82) is 0 Å². The molecule has 1 fully saturated rings. The van der Waals surface area contributed by atoms with Crippen LogP contribution in [0.1, 0.15) is 36.7 Å². The highest BCUT2D eigenvalue weighted by molar-refractivity contribution is 7.91. The third kappa shape index (κ3) is 5.13. The number of morpholine rings is 1. The number of sulfone groups is 1. The van der Waals surface area contributed by atoms with Crippen LogP contribution >= 0.6 is 0 Å². The number of carbonyl (C=O) groups excluding carboxylic acids is 1. The van der Waals surface area contributed by atoms with E-state index >= 15 is 0 Å². The normalized spacial score (nSPS) is 19.8. The van der Waals surface area contributed by atoms with Gasteiger partial charge in [0.1, 0.15) is 5.82 Å². The van der Waals surface area contributed by atoms with Crippen LogP contribution in [-0.2, 0) is 21.1 Å². The van der Waals surface area contributed by atoms with Crippen molar-refractivity contribution >= 4 is 21.6 Å². The molecule has 1 aliphatic rings. The number of hydrogen-bond donors (Lipinski definition) is 1. The van der Waals surface area contributed by atoms with Gasteiger partial charge in [-0.05, 0) is 37.6 Å². The minimum atomic E-state index is -3.47. The third-order valence-corrected chi connectivity index (χ3v) is 6.64. The van der Waals surface area contributed by atoms with E-state index in [1.807, 2.05) is 26.0 Å². The van der Waals surface area contributed by atoms with Gasteiger partial charge in [0, 0.05) is 25.8 Å². The predicted octanol–water partition coefficient (Wildman–Crippen LogP) is 2.42. The van der Waals surface area contributed by atoms with E-state index < -0.39 is 15.7 Å². The van der Waals surface area contributed by atoms with Crippen LogP contribution in [0.25, 0.3) is 0 Å². The topological polar surface area (TPSA) is 88.6 Å². The van der Waals surface area contributed by atoms with E-state index in [9.17, 15) is 13.2 Å². The molecule has 0 radical (unpaired) electrons. The first kappa shape index (κ1) is 21.3. The lowest BCUT2D eigenvalue weighted by Gasteiger charge is -2.36. The number of benzene rings is 1. The second-order valence-electron chi connectivity index (χ2n) is 7.27. The lowest BCUT2D eigenvalue weighted by Crippen LogP contribution is -2.45. The fourth-order valence-electron chi connectivity index (χ4n) is 3.43. The maximum absolute atomic E-state index is 12.6. The highest BCUT2D eigenvalue weighted by Gasteiger charge is 2.23. The maximum atomic E-state index is 12.6. The van der Waals surface area contributed by atoms with Crippen LogP contribution in [0.5, 0.6) is 0 Å². The van der Waals surface area contributed by atoms with E-state index in [1.54, 1.807) is 25.3 Å². The van der Waals surface area contributed by atoms with Gasteiger partial charge in [-0.15, -0.1) is 0 Å². The number of carbonyl (C=O) groups is 1. The number of pyridine rings is 1. The molecule has 1 amide bonds. The van der Waals surface area contributed by atoms with E-state index in [0.29, 0.717) is 0 Å². The first-order valence-electron chi connectivity index (χ1n) is 9.75. The number of aromatic nitrogens is 1. The highest BCUT2D eigenvalue weighted by atomic mass is 32.2. The lowest BCUT2D eigenvalue weighted by atomic mass is 10.2. The molecular weight excluding hydrogens is 390 g/mol.